The molecule has 0 saturated carbocycles. The van der Waals surface area contributed by atoms with E-state index in [0.717, 1.165) is 31.2 Å². The maximum Gasteiger partial charge on any atom is 0.119 e. The van der Waals surface area contributed by atoms with Crippen LogP contribution in [-0.2, 0) is 13.0 Å². The van der Waals surface area contributed by atoms with Gasteiger partial charge in [-0.15, -0.1) is 0 Å². The second kappa shape index (κ2) is 14.2. The zero-order chi connectivity index (χ0) is 25.0. The van der Waals surface area contributed by atoms with Crippen molar-refractivity contribution in [2.24, 2.45) is 5.92 Å². The summed E-state index contributed by atoms with van der Waals surface area (Å²) >= 11 is 0. The molecule has 0 amide bonds. The zero-order valence-electron chi connectivity index (χ0n) is 22.2. The van der Waals surface area contributed by atoms with E-state index in [0.29, 0.717) is 18.7 Å². The Morgan fingerprint density at radius 2 is 1.47 bits per heavy atom. The van der Waals surface area contributed by atoms with Crippen LogP contribution in [0.25, 0.3) is 0 Å². The van der Waals surface area contributed by atoms with Gasteiger partial charge in [0.15, 0.2) is 0 Å². The van der Waals surface area contributed by atoms with E-state index < -0.39 is 0 Å². The summed E-state index contributed by atoms with van der Waals surface area (Å²) < 4.78 is 5.98. The number of hydrogen-bond donors (Lipinski definition) is 1. The van der Waals surface area contributed by atoms with Gasteiger partial charge in [-0.1, -0.05) is 86.6 Å². The highest BCUT2D eigenvalue weighted by molar-refractivity contribution is 5.28. The largest absolute Gasteiger partial charge is 0.489 e. The number of rotatable bonds is 13. The minimum absolute atomic E-state index is 0.488. The number of nitrogens with zero attached hydrogens (tertiary/aromatic N) is 1. The second-order valence-electron chi connectivity index (χ2n) is 10.6. The van der Waals surface area contributed by atoms with Gasteiger partial charge in [0.2, 0.25) is 0 Å². The number of benzene rings is 3. The molecule has 1 saturated heterocycles. The molecule has 1 heterocycles. The van der Waals surface area contributed by atoms with Crippen LogP contribution in [0.3, 0.4) is 0 Å². The summed E-state index contributed by atoms with van der Waals surface area (Å²) in [6.07, 6.45) is 7.26. The normalized spacial score (nSPS) is 15.3. The van der Waals surface area contributed by atoms with Crippen molar-refractivity contribution in [3.63, 3.8) is 0 Å². The van der Waals surface area contributed by atoms with Crippen LogP contribution in [0, 0.1) is 5.92 Å². The molecule has 1 atom stereocenters. The highest BCUT2D eigenvalue weighted by atomic mass is 16.5. The Morgan fingerprint density at radius 1 is 0.806 bits per heavy atom. The third kappa shape index (κ3) is 8.21. The predicted molar refractivity (Wildman–Crippen MR) is 151 cm³/mol. The third-order valence-corrected chi connectivity index (χ3v) is 7.44. The van der Waals surface area contributed by atoms with E-state index in [-0.39, 0.29) is 0 Å². The number of ether oxygens (including phenoxy) is 1. The molecule has 0 spiro atoms. The van der Waals surface area contributed by atoms with E-state index in [9.17, 15) is 0 Å². The summed E-state index contributed by atoms with van der Waals surface area (Å²) in [4.78, 5) is 2.86. The van der Waals surface area contributed by atoms with Gasteiger partial charge in [-0.2, -0.15) is 0 Å². The Kier molecular flexibility index (Phi) is 10.4. The number of piperidine rings is 1. The van der Waals surface area contributed by atoms with Gasteiger partial charge in [-0.3, -0.25) is 4.90 Å². The highest BCUT2D eigenvalue weighted by Crippen LogP contribution is 2.32. The van der Waals surface area contributed by atoms with Crippen molar-refractivity contribution in [2.45, 2.75) is 71.1 Å². The van der Waals surface area contributed by atoms with Crippen LogP contribution in [0.15, 0.2) is 84.9 Å². The van der Waals surface area contributed by atoms with Crippen molar-refractivity contribution in [3.05, 3.63) is 102 Å². The monoisotopic (exact) mass is 484 g/mol. The summed E-state index contributed by atoms with van der Waals surface area (Å²) in [7, 11) is 0. The molecule has 0 radical (unpaired) electrons. The first kappa shape index (κ1) is 26.4. The van der Waals surface area contributed by atoms with Gasteiger partial charge in [0.25, 0.3) is 0 Å². The van der Waals surface area contributed by atoms with Crippen LogP contribution >= 0.6 is 0 Å². The van der Waals surface area contributed by atoms with E-state index in [1.807, 2.05) is 6.07 Å². The van der Waals surface area contributed by atoms with E-state index in [2.05, 4.69) is 103 Å². The molecule has 36 heavy (non-hydrogen) atoms. The molecule has 3 aromatic carbocycles. The standard InChI is InChI=1S/C33H44N2O/c1-27(2)22-25-35(31-20-23-34-24-21-31)33(30-13-7-4-8-14-30)15-9-12-28-16-18-32(19-17-28)36-26-29-10-5-3-6-11-29/h3-8,10-11,13-14,16-19,27,31,33-34H,9,12,15,20-26H2,1-2H3. The van der Waals surface area contributed by atoms with Crippen molar-refractivity contribution in [3.8, 4) is 5.75 Å². The van der Waals surface area contributed by atoms with E-state index in [1.165, 1.54) is 55.3 Å². The fourth-order valence-corrected chi connectivity index (χ4v) is 5.33. The Hall–Kier alpha value is -2.62. The fraction of sp³-hybridized carbons (Fsp3) is 0.455. The van der Waals surface area contributed by atoms with Crippen molar-refractivity contribution in [2.75, 3.05) is 19.6 Å². The summed E-state index contributed by atoms with van der Waals surface area (Å²) in [6, 6.07) is 31.5. The topological polar surface area (TPSA) is 24.5 Å². The lowest BCUT2D eigenvalue weighted by Crippen LogP contribution is -2.45. The van der Waals surface area contributed by atoms with Crippen molar-refractivity contribution < 1.29 is 4.74 Å². The SMILES string of the molecule is CC(C)CCN(C1CCNCC1)C(CCCc1ccc(OCc2ccccc2)cc1)c1ccccc1. The summed E-state index contributed by atoms with van der Waals surface area (Å²) in [5.74, 6) is 1.67. The van der Waals surface area contributed by atoms with Gasteiger partial charge < -0.3 is 10.1 Å². The zero-order valence-corrected chi connectivity index (χ0v) is 22.2. The first-order chi connectivity index (χ1) is 17.7. The quantitative estimate of drug-likeness (QED) is 0.273. The highest BCUT2D eigenvalue weighted by Gasteiger charge is 2.28. The average Bonchev–Trinajstić information content (AvgIpc) is 2.93. The van der Waals surface area contributed by atoms with Gasteiger partial charge in [0.1, 0.15) is 12.4 Å². The lowest BCUT2D eigenvalue weighted by atomic mass is 9.93. The lowest BCUT2D eigenvalue weighted by Gasteiger charge is -2.41. The van der Waals surface area contributed by atoms with Crippen LogP contribution in [0.1, 0.15) is 68.7 Å². The number of aryl methyl sites for hydroxylation is 1. The molecule has 1 aliphatic rings. The van der Waals surface area contributed by atoms with Gasteiger partial charge in [-0.05, 0) is 92.9 Å². The minimum atomic E-state index is 0.488. The van der Waals surface area contributed by atoms with E-state index in [1.54, 1.807) is 0 Å². The molecule has 3 nitrogen and oxygen atoms in total. The van der Waals surface area contributed by atoms with Crippen LogP contribution < -0.4 is 10.1 Å². The lowest BCUT2D eigenvalue weighted by molar-refractivity contribution is 0.0950. The van der Waals surface area contributed by atoms with Crippen molar-refractivity contribution in [1.82, 2.24) is 10.2 Å². The molecule has 3 heteroatoms. The maximum absolute atomic E-state index is 5.98. The van der Waals surface area contributed by atoms with Crippen molar-refractivity contribution >= 4 is 0 Å². The smallest absolute Gasteiger partial charge is 0.119 e. The molecule has 0 aliphatic carbocycles. The molecule has 1 aliphatic heterocycles. The van der Waals surface area contributed by atoms with Crippen LogP contribution in [0.4, 0.5) is 0 Å². The van der Waals surface area contributed by atoms with E-state index >= 15 is 0 Å². The minimum Gasteiger partial charge on any atom is -0.489 e. The third-order valence-electron chi connectivity index (χ3n) is 7.44. The Labute approximate surface area is 218 Å². The molecule has 0 bridgehead atoms. The molecule has 4 rings (SSSR count). The Morgan fingerprint density at radius 3 is 2.14 bits per heavy atom. The summed E-state index contributed by atoms with van der Waals surface area (Å²) in [5, 5.41) is 3.56. The Balaban J connectivity index is 1.38. The van der Waals surface area contributed by atoms with Crippen LogP contribution in [0.5, 0.6) is 5.75 Å². The molecular formula is C33H44N2O. The van der Waals surface area contributed by atoms with Crippen molar-refractivity contribution in [1.29, 1.82) is 0 Å². The predicted octanol–water partition coefficient (Wildman–Crippen LogP) is 7.43. The molecule has 1 N–H and O–H groups in total. The van der Waals surface area contributed by atoms with Gasteiger partial charge >= 0.3 is 0 Å². The summed E-state index contributed by atoms with van der Waals surface area (Å²) in [6.45, 7) is 8.79. The molecular weight excluding hydrogens is 440 g/mol. The van der Waals surface area contributed by atoms with Gasteiger partial charge in [0, 0.05) is 12.1 Å². The molecule has 3 aromatic rings. The van der Waals surface area contributed by atoms with Gasteiger partial charge in [0.05, 0.1) is 0 Å². The first-order valence-corrected chi connectivity index (χ1v) is 14.0. The molecule has 0 aromatic heterocycles. The Bertz CT molecular complexity index is 981. The van der Waals surface area contributed by atoms with Crippen LogP contribution in [0.2, 0.25) is 0 Å². The van der Waals surface area contributed by atoms with E-state index in [4.69, 9.17) is 4.74 Å². The summed E-state index contributed by atoms with van der Waals surface area (Å²) in [5.41, 5.74) is 4.07. The van der Waals surface area contributed by atoms with Crippen LogP contribution in [-0.4, -0.2) is 30.6 Å². The fourth-order valence-electron chi connectivity index (χ4n) is 5.33. The average molecular weight is 485 g/mol. The number of hydrogen-bond acceptors (Lipinski definition) is 3. The number of nitrogens with one attached hydrogen (secondary N) is 1. The molecule has 1 unspecified atom stereocenters. The first-order valence-electron chi connectivity index (χ1n) is 14.0. The molecule has 192 valence electrons. The van der Waals surface area contributed by atoms with Gasteiger partial charge in [-0.25, -0.2) is 0 Å². The second-order valence-corrected chi connectivity index (χ2v) is 10.6. The molecule has 1 fully saturated rings. The maximum atomic E-state index is 5.98.